The molecular weight excluding hydrogens is 551 g/mol. The van der Waals surface area contributed by atoms with E-state index in [-0.39, 0.29) is 0 Å². The minimum Gasteiger partial charge on any atom is -0.386 e. The van der Waals surface area contributed by atoms with Crippen LogP contribution in [-0.2, 0) is 33.7 Å². The van der Waals surface area contributed by atoms with Crippen molar-refractivity contribution in [1.29, 1.82) is 5.26 Å². The Balaban J connectivity index is 1.46. The van der Waals surface area contributed by atoms with Crippen molar-refractivity contribution in [3.8, 4) is 27.1 Å². The van der Waals surface area contributed by atoms with Crippen molar-refractivity contribution in [3.63, 3.8) is 0 Å². The molecule has 2 aromatic carbocycles. The molecule has 1 aliphatic rings. The van der Waals surface area contributed by atoms with Crippen LogP contribution in [0.25, 0.3) is 21.0 Å². The van der Waals surface area contributed by atoms with Crippen LogP contribution in [0.15, 0.2) is 42.6 Å². The van der Waals surface area contributed by atoms with E-state index in [1.165, 1.54) is 5.56 Å². The van der Waals surface area contributed by atoms with Crippen molar-refractivity contribution in [1.82, 2.24) is 9.88 Å². The molecule has 1 saturated heterocycles. The van der Waals surface area contributed by atoms with Crippen molar-refractivity contribution >= 4 is 23.3 Å². The third-order valence-electron chi connectivity index (χ3n) is 7.24. The highest BCUT2D eigenvalue weighted by Crippen LogP contribution is 2.36. The van der Waals surface area contributed by atoms with E-state index >= 15 is 0 Å². The maximum atomic E-state index is 12.4. The number of rotatable bonds is 8. The van der Waals surface area contributed by atoms with Gasteiger partial charge in [-0.25, -0.2) is 9.78 Å². The van der Waals surface area contributed by atoms with E-state index < -0.39 is 24.0 Å². The Hall–Kier alpha value is -3.55. The lowest BCUT2D eigenvalue weighted by Crippen LogP contribution is -2.38. The summed E-state index contributed by atoms with van der Waals surface area (Å²) in [7, 11) is 0. The van der Waals surface area contributed by atoms with Gasteiger partial charge in [0.1, 0.15) is 5.01 Å². The predicted octanol–water partition coefficient (Wildman–Crippen LogP) is 6.95. The second-order valence-corrected chi connectivity index (χ2v) is 11.7. The standard InChI is InChI=1S/C31H32F3N3O3S/c1-4-25-23(18-37-12-10-20(11-13-37)29(38)40-30(39)31(32,33)34)6-5-7-26(25)27-17-36-28(41-27)22-9-8-21(14-19(2)3)24(15-22)16-35/h5-9,15,17,19-20H,4,10-14,18H2,1-3H3. The summed E-state index contributed by atoms with van der Waals surface area (Å²) in [6.45, 7) is 8.00. The van der Waals surface area contributed by atoms with Gasteiger partial charge in [0.2, 0.25) is 0 Å². The Bertz CT molecular complexity index is 1450. The first-order valence-electron chi connectivity index (χ1n) is 13.7. The van der Waals surface area contributed by atoms with E-state index in [1.54, 1.807) is 11.3 Å². The smallest absolute Gasteiger partial charge is 0.386 e. The minimum absolute atomic E-state index is 0.323. The van der Waals surface area contributed by atoms with Gasteiger partial charge in [0.25, 0.3) is 0 Å². The lowest BCUT2D eigenvalue weighted by Gasteiger charge is -2.31. The number of carbonyl (C=O) groups excluding carboxylic acids is 2. The molecule has 0 aliphatic carbocycles. The number of ether oxygens (including phenoxy) is 1. The third kappa shape index (κ3) is 7.40. The molecule has 0 atom stereocenters. The molecule has 41 heavy (non-hydrogen) atoms. The van der Waals surface area contributed by atoms with Crippen molar-refractivity contribution in [2.45, 2.75) is 59.2 Å². The van der Waals surface area contributed by atoms with Crippen LogP contribution in [0, 0.1) is 23.2 Å². The number of hydrogen-bond acceptors (Lipinski definition) is 7. The molecule has 216 valence electrons. The Morgan fingerprint density at radius 1 is 1.17 bits per heavy atom. The van der Waals surface area contributed by atoms with Gasteiger partial charge in [-0.15, -0.1) is 11.3 Å². The number of thiazole rings is 1. The lowest BCUT2D eigenvalue weighted by molar-refractivity contribution is -0.203. The van der Waals surface area contributed by atoms with Gasteiger partial charge in [0.05, 0.1) is 22.4 Å². The van der Waals surface area contributed by atoms with E-state index in [0.717, 1.165) is 45.0 Å². The average Bonchev–Trinajstić information content (AvgIpc) is 3.43. The number of esters is 2. The van der Waals surface area contributed by atoms with Crippen LogP contribution in [0.1, 0.15) is 55.9 Å². The Kier molecular flexibility index (Phi) is 9.61. The van der Waals surface area contributed by atoms with Gasteiger partial charge in [-0.2, -0.15) is 18.4 Å². The van der Waals surface area contributed by atoms with E-state index in [0.29, 0.717) is 44.0 Å². The van der Waals surface area contributed by atoms with Crippen molar-refractivity contribution in [3.05, 3.63) is 64.8 Å². The molecule has 0 unspecified atom stereocenters. The first kappa shape index (κ1) is 30.4. The SMILES string of the molecule is CCc1c(CN2CCC(C(=O)OC(=O)C(F)(F)F)CC2)cccc1-c1cnc(-c2ccc(CC(C)C)c(C#N)c2)s1. The molecule has 4 rings (SSSR count). The summed E-state index contributed by atoms with van der Waals surface area (Å²) >= 11 is 1.58. The molecule has 1 aliphatic heterocycles. The minimum atomic E-state index is -5.19. The van der Waals surface area contributed by atoms with E-state index in [1.807, 2.05) is 30.5 Å². The number of likely N-dealkylation sites (tertiary alicyclic amines) is 1. The maximum absolute atomic E-state index is 12.4. The number of halogens is 3. The number of carbonyl (C=O) groups is 2. The Morgan fingerprint density at radius 2 is 1.90 bits per heavy atom. The number of nitriles is 1. The number of hydrogen-bond donors (Lipinski definition) is 0. The fraction of sp³-hybridized carbons (Fsp3) is 0.419. The predicted molar refractivity (Wildman–Crippen MR) is 151 cm³/mol. The second-order valence-electron chi connectivity index (χ2n) is 10.7. The molecule has 1 aromatic heterocycles. The summed E-state index contributed by atoms with van der Waals surface area (Å²) in [6, 6.07) is 14.4. The summed E-state index contributed by atoms with van der Waals surface area (Å²) in [5.41, 5.74) is 6.04. The average molecular weight is 584 g/mol. The Labute approximate surface area is 241 Å². The maximum Gasteiger partial charge on any atom is 0.491 e. The summed E-state index contributed by atoms with van der Waals surface area (Å²) in [5, 5.41) is 10.5. The monoisotopic (exact) mass is 583 g/mol. The van der Waals surface area contributed by atoms with Crippen LogP contribution in [0.2, 0.25) is 0 Å². The molecule has 0 saturated carbocycles. The molecule has 0 bridgehead atoms. The zero-order chi connectivity index (χ0) is 29.7. The van der Waals surface area contributed by atoms with Crippen LogP contribution in [0.5, 0.6) is 0 Å². The highest BCUT2D eigenvalue weighted by molar-refractivity contribution is 7.18. The van der Waals surface area contributed by atoms with Crippen LogP contribution in [0.3, 0.4) is 0 Å². The fourth-order valence-corrected chi connectivity index (χ4v) is 6.16. The molecule has 0 N–H and O–H groups in total. The van der Waals surface area contributed by atoms with Crippen molar-refractivity contribution < 1.29 is 27.5 Å². The number of benzene rings is 2. The highest BCUT2D eigenvalue weighted by Gasteiger charge is 2.43. The molecule has 0 spiro atoms. The first-order chi connectivity index (χ1) is 19.5. The van der Waals surface area contributed by atoms with Gasteiger partial charge in [-0.3, -0.25) is 9.69 Å². The van der Waals surface area contributed by atoms with Gasteiger partial charge in [-0.05, 0) is 73.0 Å². The number of nitrogens with zero attached hydrogens (tertiary/aromatic N) is 3. The van der Waals surface area contributed by atoms with Gasteiger partial charge in [0.15, 0.2) is 0 Å². The molecule has 1 fully saturated rings. The Morgan fingerprint density at radius 3 is 2.54 bits per heavy atom. The zero-order valence-electron chi connectivity index (χ0n) is 23.3. The van der Waals surface area contributed by atoms with Gasteiger partial charge >= 0.3 is 18.1 Å². The lowest BCUT2D eigenvalue weighted by atomic mass is 9.94. The van der Waals surface area contributed by atoms with Gasteiger partial charge in [-0.1, -0.05) is 51.1 Å². The van der Waals surface area contributed by atoms with Crippen molar-refractivity contribution in [2.75, 3.05) is 13.1 Å². The number of piperidine rings is 1. The summed E-state index contributed by atoms with van der Waals surface area (Å²) in [5.74, 6) is -3.85. The van der Waals surface area contributed by atoms with E-state index in [4.69, 9.17) is 0 Å². The van der Waals surface area contributed by atoms with Crippen LogP contribution < -0.4 is 0 Å². The first-order valence-corrected chi connectivity index (χ1v) is 14.5. The molecule has 3 aromatic rings. The van der Waals surface area contributed by atoms with Crippen LogP contribution in [-0.4, -0.2) is 41.1 Å². The number of aromatic nitrogens is 1. The number of alkyl halides is 3. The van der Waals surface area contributed by atoms with Gasteiger partial charge in [0, 0.05) is 18.3 Å². The van der Waals surface area contributed by atoms with Crippen LogP contribution >= 0.6 is 11.3 Å². The summed E-state index contributed by atoms with van der Waals surface area (Å²) < 4.78 is 41.3. The van der Waals surface area contributed by atoms with Crippen molar-refractivity contribution in [2.24, 2.45) is 11.8 Å². The molecule has 0 radical (unpaired) electrons. The van der Waals surface area contributed by atoms with Gasteiger partial charge < -0.3 is 4.74 Å². The fourth-order valence-electron chi connectivity index (χ4n) is 5.19. The normalized spacial score (nSPS) is 14.7. The largest absolute Gasteiger partial charge is 0.491 e. The van der Waals surface area contributed by atoms with Crippen LogP contribution in [0.4, 0.5) is 13.2 Å². The summed E-state index contributed by atoms with van der Waals surface area (Å²) in [6.07, 6.45) is -1.03. The summed E-state index contributed by atoms with van der Waals surface area (Å²) in [4.78, 5) is 30.9. The molecule has 6 nitrogen and oxygen atoms in total. The second kappa shape index (κ2) is 13.0. The quantitative estimate of drug-likeness (QED) is 0.211. The van der Waals surface area contributed by atoms with E-state index in [2.05, 4.69) is 53.6 Å². The topological polar surface area (TPSA) is 83.3 Å². The third-order valence-corrected chi connectivity index (χ3v) is 8.32. The van der Waals surface area contributed by atoms with E-state index in [9.17, 15) is 28.0 Å². The molecule has 0 amide bonds. The zero-order valence-corrected chi connectivity index (χ0v) is 24.1. The molecule has 2 heterocycles. The molecule has 10 heteroatoms. The highest BCUT2D eigenvalue weighted by atomic mass is 32.1. The molecular formula is C31H32F3N3O3S.